The molecule has 20 heteroatoms. The first-order valence-electron chi connectivity index (χ1n) is 23.2. The Morgan fingerprint density at radius 2 is 1.68 bits per heavy atom. The van der Waals surface area contributed by atoms with Gasteiger partial charge in [-0.1, -0.05) is 43.2 Å². The summed E-state index contributed by atoms with van der Waals surface area (Å²) in [7, 11) is -11.0. The number of nitrogens with zero attached hydrogens (tertiary/aromatic N) is 2. The number of aromatic amines is 1. The molecule has 1 aliphatic heterocycles. The number of benzene rings is 3. The number of ether oxygens (including phenoxy) is 1. The number of carbonyl (C=O) groups excluding carboxylic acids is 1. The van der Waals surface area contributed by atoms with Gasteiger partial charge in [0, 0.05) is 86.8 Å². The molecular weight excluding hydrogens is 953 g/mol. The van der Waals surface area contributed by atoms with E-state index in [4.69, 9.17) is 16.3 Å². The van der Waals surface area contributed by atoms with E-state index in [0.29, 0.717) is 53.5 Å². The number of hydrogen-bond acceptors (Lipinski definition) is 12. The lowest BCUT2D eigenvalue weighted by Crippen LogP contribution is -2.49. The normalized spacial score (nSPS) is 19.3. The third-order valence-corrected chi connectivity index (χ3v) is 16.4. The fourth-order valence-corrected chi connectivity index (χ4v) is 11.6. The number of hydrogen-bond donors (Lipinski definition) is 6. The van der Waals surface area contributed by atoms with Gasteiger partial charge in [0.1, 0.15) is 22.0 Å². The molecule has 14 nitrogen and oxygen atoms in total. The number of fused-ring (bicyclic) bond motifs is 1. The van der Waals surface area contributed by atoms with Crippen LogP contribution in [0.2, 0.25) is 5.02 Å². The highest BCUT2D eigenvalue weighted by atomic mass is 35.5. The monoisotopic (exact) mass is 1010 g/mol. The lowest BCUT2D eigenvalue weighted by atomic mass is 9.72. The SMILES string of the molecule is CC1(C)CCC(CNCCNc2ccc(C(=O)NS(=O)(=O)c3ccc(NC[C@H]4CC[C@H](N5CCNCC5)CC4)c(S(=O)(=O)C(F)(F)F)c3)c(Oc3cnc4[nH]ccc4c3)c2)=C(c2ccc(Cl)cc2)C1. The predicted molar refractivity (Wildman–Crippen MR) is 263 cm³/mol. The van der Waals surface area contributed by atoms with E-state index in [1.807, 2.05) is 16.9 Å². The van der Waals surface area contributed by atoms with Crippen LogP contribution in [0.1, 0.15) is 74.7 Å². The first-order valence-corrected chi connectivity index (χ1v) is 26.6. The second-order valence-corrected chi connectivity index (χ2v) is 22.8. The third-order valence-electron chi connectivity index (χ3n) is 13.3. The Morgan fingerprint density at radius 3 is 2.42 bits per heavy atom. The van der Waals surface area contributed by atoms with Gasteiger partial charge in [-0.3, -0.25) is 9.69 Å². The molecule has 8 rings (SSSR count). The molecule has 1 amide bonds. The molecule has 3 heterocycles. The Labute approximate surface area is 406 Å². The molecule has 0 bridgehead atoms. The van der Waals surface area contributed by atoms with Gasteiger partial charge in [-0.05, 0) is 122 Å². The van der Waals surface area contributed by atoms with Crippen molar-refractivity contribution < 1.29 is 39.5 Å². The van der Waals surface area contributed by atoms with E-state index < -0.39 is 41.1 Å². The number of halogens is 4. The van der Waals surface area contributed by atoms with Gasteiger partial charge in [0.15, 0.2) is 0 Å². The maximum Gasteiger partial charge on any atom is 0.501 e. The van der Waals surface area contributed by atoms with E-state index >= 15 is 0 Å². The number of anilines is 2. The average molecular weight is 1010 g/mol. The molecular formula is C49H58ClF3N8O6S2. The van der Waals surface area contributed by atoms with Crippen LogP contribution in [-0.2, 0) is 19.9 Å². The number of sulfone groups is 1. The zero-order valence-corrected chi connectivity index (χ0v) is 40.9. The minimum Gasteiger partial charge on any atom is -0.455 e. The Hall–Kier alpha value is -5.18. The van der Waals surface area contributed by atoms with Crippen molar-refractivity contribution in [3.63, 3.8) is 0 Å². The Morgan fingerprint density at radius 1 is 0.928 bits per heavy atom. The Balaban J connectivity index is 0.970. The van der Waals surface area contributed by atoms with Gasteiger partial charge in [0.2, 0.25) is 0 Å². The zero-order valence-electron chi connectivity index (χ0n) is 38.5. The number of sulfonamides is 1. The van der Waals surface area contributed by atoms with E-state index in [1.54, 1.807) is 24.4 Å². The second kappa shape index (κ2) is 21.0. The number of H-pyrrole nitrogens is 1. The minimum atomic E-state index is -6.04. The van der Waals surface area contributed by atoms with E-state index in [2.05, 4.69) is 62.1 Å². The molecule has 3 aromatic carbocycles. The van der Waals surface area contributed by atoms with Crippen LogP contribution in [0.25, 0.3) is 16.6 Å². The third kappa shape index (κ3) is 12.2. The maximum absolute atomic E-state index is 14.1. The van der Waals surface area contributed by atoms with Crippen LogP contribution in [0, 0.1) is 11.3 Å². The van der Waals surface area contributed by atoms with Crippen LogP contribution < -0.4 is 30.7 Å². The molecule has 5 aromatic rings. The highest BCUT2D eigenvalue weighted by Crippen LogP contribution is 2.43. The maximum atomic E-state index is 14.1. The van der Waals surface area contributed by atoms with E-state index in [-0.39, 0.29) is 40.6 Å². The molecule has 1 saturated carbocycles. The Bertz CT molecular complexity index is 2900. The van der Waals surface area contributed by atoms with Gasteiger partial charge in [0.05, 0.1) is 22.3 Å². The summed E-state index contributed by atoms with van der Waals surface area (Å²) >= 11 is 6.19. The number of amides is 1. The highest BCUT2D eigenvalue weighted by molar-refractivity contribution is 7.92. The van der Waals surface area contributed by atoms with Crippen LogP contribution in [0.4, 0.5) is 24.5 Å². The van der Waals surface area contributed by atoms with Crippen molar-refractivity contribution in [1.82, 2.24) is 30.2 Å². The molecule has 3 aliphatic rings. The van der Waals surface area contributed by atoms with Crippen molar-refractivity contribution in [3.8, 4) is 11.5 Å². The Kier molecular flexibility index (Phi) is 15.3. The molecule has 2 aromatic heterocycles. The second-order valence-electron chi connectivity index (χ2n) is 18.8. The number of carbonyl (C=O) groups is 1. The molecule has 2 aliphatic carbocycles. The van der Waals surface area contributed by atoms with Crippen molar-refractivity contribution in [1.29, 1.82) is 0 Å². The smallest absolute Gasteiger partial charge is 0.455 e. The topological polar surface area (TPSA) is 187 Å². The van der Waals surface area contributed by atoms with E-state index in [9.17, 15) is 34.8 Å². The fraction of sp³-hybridized carbons (Fsp3) is 0.429. The van der Waals surface area contributed by atoms with E-state index in [1.165, 1.54) is 29.5 Å². The molecule has 0 radical (unpaired) electrons. The molecule has 1 saturated heterocycles. The minimum absolute atomic E-state index is 0.0539. The van der Waals surface area contributed by atoms with Crippen LogP contribution in [0.15, 0.2) is 101 Å². The number of aromatic nitrogens is 2. The van der Waals surface area contributed by atoms with Crippen molar-refractivity contribution in [2.75, 3.05) is 63.0 Å². The summed E-state index contributed by atoms with van der Waals surface area (Å²) in [5.74, 6) is -0.929. The zero-order chi connectivity index (χ0) is 49.0. The summed E-state index contributed by atoms with van der Waals surface area (Å²) in [5.41, 5.74) is -1.24. The van der Waals surface area contributed by atoms with Crippen molar-refractivity contribution in [3.05, 3.63) is 107 Å². The van der Waals surface area contributed by atoms with Gasteiger partial charge in [-0.2, -0.15) is 13.2 Å². The molecule has 69 heavy (non-hydrogen) atoms. The van der Waals surface area contributed by atoms with Crippen LogP contribution in [0.5, 0.6) is 11.5 Å². The number of pyridine rings is 1. The average Bonchev–Trinajstić information content (AvgIpc) is 3.79. The summed E-state index contributed by atoms with van der Waals surface area (Å²) in [6.07, 6.45) is 9.51. The largest absolute Gasteiger partial charge is 0.501 e. The fourth-order valence-electron chi connectivity index (χ4n) is 9.44. The first kappa shape index (κ1) is 50.2. The lowest BCUT2D eigenvalue weighted by molar-refractivity contribution is -0.0435. The summed E-state index contributed by atoms with van der Waals surface area (Å²) in [5, 5.41) is 14.5. The quantitative estimate of drug-likeness (QED) is 0.0487. The van der Waals surface area contributed by atoms with Crippen LogP contribution >= 0.6 is 11.6 Å². The highest BCUT2D eigenvalue weighted by Gasteiger charge is 2.48. The number of piperazine rings is 1. The molecule has 0 spiro atoms. The van der Waals surface area contributed by atoms with Crippen molar-refractivity contribution in [2.24, 2.45) is 11.3 Å². The molecule has 6 N–H and O–H groups in total. The van der Waals surface area contributed by atoms with Gasteiger partial charge < -0.3 is 31.0 Å². The number of alkyl halides is 3. The van der Waals surface area contributed by atoms with Gasteiger partial charge >= 0.3 is 5.51 Å². The van der Waals surface area contributed by atoms with Gasteiger partial charge in [-0.25, -0.2) is 26.5 Å². The lowest BCUT2D eigenvalue weighted by Gasteiger charge is -2.39. The van der Waals surface area contributed by atoms with Crippen molar-refractivity contribution >= 4 is 65.3 Å². The molecule has 0 atom stereocenters. The van der Waals surface area contributed by atoms with Crippen LogP contribution in [-0.4, -0.2) is 102 Å². The van der Waals surface area contributed by atoms with E-state index in [0.717, 1.165) is 88.8 Å². The molecule has 0 unspecified atom stereocenters. The standard InChI is InChI=1S/C49H58ClF3N8O6S2/c1-48(2)17-15-35(42(28-48)33-5-7-36(50)8-6-33)30-55-19-20-56-37-9-13-41(44(26-37)67-39-25-34-16-18-57-46(34)59-31-39)47(62)60-69(65,66)40-12-14-43(45(27-40)68(63,64)49(51,52)53)58-29-32-3-10-38(11-4-32)61-23-21-54-22-24-61/h5-9,12-14,16,18,25-27,31-32,38,54-56,58H,3-4,10-11,15,17,19-24,28-30H2,1-2H3,(H,57,59)(H,60,62)/t32-,38-. The molecule has 370 valence electrons. The summed E-state index contributed by atoms with van der Waals surface area (Å²) in [6, 6.07) is 18.6. The summed E-state index contributed by atoms with van der Waals surface area (Å²) in [4.78, 5) is 21.6. The van der Waals surface area contributed by atoms with Gasteiger partial charge in [-0.15, -0.1) is 0 Å². The van der Waals surface area contributed by atoms with Crippen LogP contribution in [0.3, 0.4) is 0 Å². The number of rotatable bonds is 17. The molecule has 2 fully saturated rings. The summed E-state index contributed by atoms with van der Waals surface area (Å²) in [6.45, 7) is 10.2. The van der Waals surface area contributed by atoms with Gasteiger partial charge in [0.25, 0.3) is 25.8 Å². The summed E-state index contributed by atoms with van der Waals surface area (Å²) < 4.78 is 104. The number of allylic oxidation sites excluding steroid dienone is 1. The number of nitrogens with one attached hydrogen (secondary N) is 6. The first-order chi connectivity index (χ1) is 32.8. The predicted octanol–water partition coefficient (Wildman–Crippen LogP) is 8.96. The van der Waals surface area contributed by atoms with Crippen molar-refractivity contribution in [2.45, 2.75) is 80.1 Å².